The van der Waals surface area contributed by atoms with E-state index in [2.05, 4.69) is 0 Å². The first-order chi connectivity index (χ1) is 20.3. The Balaban J connectivity index is 1.42. The van der Waals surface area contributed by atoms with Crippen molar-refractivity contribution < 1.29 is 79.5 Å². The first-order valence-corrected chi connectivity index (χ1v) is 13.2. The summed E-state index contributed by atoms with van der Waals surface area (Å²) in [4.78, 5) is 13.6. The highest BCUT2D eigenvalue weighted by Gasteiger charge is 2.50. The number of carbonyl (C=O) groups excluding carboxylic acids is 1. The number of phenolic OH excluding ortho intramolecular Hbond substituents is 2. The summed E-state index contributed by atoms with van der Waals surface area (Å²) in [6.45, 7) is 0.831. The van der Waals surface area contributed by atoms with E-state index < -0.39 is 115 Å². The minimum absolute atomic E-state index is 0.00287. The van der Waals surface area contributed by atoms with Gasteiger partial charge in [-0.15, -0.1) is 0 Å². The third-order valence-electron chi connectivity index (χ3n) is 7.62. The van der Waals surface area contributed by atoms with E-state index in [9.17, 15) is 55.9 Å². The molecule has 0 radical (unpaired) electrons. The molecule has 10 N–H and O–H groups in total. The van der Waals surface area contributed by atoms with Gasteiger partial charge in [0.2, 0.25) is 17.8 Å². The number of carbonyl (C=O) groups is 1. The topological polar surface area (TPSA) is 266 Å². The molecule has 4 aliphatic rings. The zero-order valence-electron chi connectivity index (χ0n) is 22.4. The molecule has 0 bridgehead atoms. The van der Waals surface area contributed by atoms with Crippen molar-refractivity contribution in [1.29, 1.82) is 0 Å². The molecule has 1 aromatic carbocycles. The van der Waals surface area contributed by atoms with Crippen molar-refractivity contribution >= 4 is 11.5 Å². The molecule has 16 nitrogen and oxygen atoms in total. The molecule has 0 aromatic heterocycles. The molecule has 2 fully saturated rings. The molecule has 43 heavy (non-hydrogen) atoms. The summed E-state index contributed by atoms with van der Waals surface area (Å²) in [5.74, 6) is -5.31. The zero-order valence-corrected chi connectivity index (χ0v) is 22.4. The van der Waals surface area contributed by atoms with E-state index in [1.54, 1.807) is 0 Å². The number of phenols is 2. The molecule has 5 rings (SSSR count). The van der Waals surface area contributed by atoms with E-state index in [0.717, 1.165) is 24.3 Å². The second-order valence-electron chi connectivity index (χ2n) is 10.6. The van der Waals surface area contributed by atoms with Gasteiger partial charge < -0.3 is 74.7 Å². The number of aliphatic hydroxyl groups is 8. The van der Waals surface area contributed by atoms with E-state index in [1.807, 2.05) is 0 Å². The standard InChI is InChI=1S/C27H32O16/c1-8-17(32)20(35)22(37)26(40-8)39-7-15-18(33)21(36)23(38)27(42-15)43-25-19(34)16-13(31)5-10(28)6-14(16)41-24(25)9-2-3-11(29)12(30)4-9/h2-6,8,14-18,20-23,26-33,35-38H,7H2,1H3. The quantitative estimate of drug-likeness (QED) is 0.154. The number of benzene rings is 1. The molecule has 0 amide bonds. The second-order valence-corrected chi connectivity index (χ2v) is 10.6. The minimum atomic E-state index is -1.95. The van der Waals surface area contributed by atoms with Crippen molar-refractivity contribution in [1.82, 2.24) is 0 Å². The Hall–Kier alpha value is -3.45. The Morgan fingerprint density at radius 2 is 1.49 bits per heavy atom. The number of rotatable bonds is 6. The van der Waals surface area contributed by atoms with Crippen LogP contribution in [-0.4, -0.2) is 131 Å². The number of hydrogen-bond acceptors (Lipinski definition) is 16. The summed E-state index contributed by atoms with van der Waals surface area (Å²) in [5, 5.41) is 102. The first kappa shape index (κ1) is 31.0. The number of hydrogen-bond donors (Lipinski definition) is 10. The predicted octanol–water partition coefficient (Wildman–Crippen LogP) is -2.08. The van der Waals surface area contributed by atoms with Crippen LogP contribution < -0.4 is 0 Å². The molecule has 3 aliphatic heterocycles. The lowest BCUT2D eigenvalue weighted by atomic mass is 9.86. The second kappa shape index (κ2) is 11.9. The van der Waals surface area contributed by atoms with Crippen LogP contribution in [-0.2, 0) is 28.5 Å². The van der Waals surface area contributed by atoms with Crippen LogP contribution >= 0.6 is 0 Å². The van der Waals surface area contributed by atoms with Gasteiger partial charge in [-0.25, -0.2) is 0 Å². The maximum atomic E-state index is 13.6. The van der Waals surface area contributed by atoms with E-state index >= 15 is 0 Å². The first-order valence-electron chi connectivity index (χ1n) is 13.2. The Morgan fingerprint density at radius 3 is 2.19 bits per heavy atom. The van der Waals surface area contributed by atoms with Crippen molar-refractivity contribution in [2.24, 2.45) is 5.92 Å². The SMILES string of the molecule is CC1OC(OCC2OC(OC3=C(c4ccc(O)c(O)c4)OC4C=C(O)C=C(O)C4C3=O)C(O)C(O)C2O)C(O)C(O)C1O. The maximum absolute atomic E-state index is 13.6. The summed E-state index contributed by atoms with van der Waals surface area (Å²) in [6, 6.07) is 3.40. The van der Waals surface area contributed by atoms with Gasteiger partial charge in [0.1, 0.15) is 66.3 Å². The molecule has 1 aliphatic carbocycles. The summed E-state index contributed by atoms with van der Waals surface area (Å²) >= 11 is 0. The highest BCUT2D eigenvalue weighted by Crippen LogP contribution is 2.41. The maximum Gasteiger partial charge on any atom is 0.229 e. The lowest BCUT2D eigenvalue weighted by Gasteiger charge is -2.43. The third-order valence-corrected chi connectivity index (χ3v) is 7.62. The van der Waals surface area contributed by atoms with Crippen molar-refractivity contribution in [2.75, 3.05) is 6.61 Å². The van der Waals surface area contributed by atoms with E-state index in [0.29, 0.717) is 0 Å². The van der Waals surface area contributed by atoms with Gasteiger partial charge in [-0.3, -0.25) is 4.79 Å². The molecule has 12 unspecified atom stereocenters. The van der Waals surface area contributed by atoms with Gasteiger partial charge in [0.25, 0.3) is 0 Å². The highest BCUT2D eigenvalue weighted by molar-refractivity contribution is 6.04. The molecule has 1 aromatic rings. The zero-order chi connectivity index (χ0) is 31.3. The van der Waals surface area contributed by atoms with Gasteiger partial charge in [-0.05, 0) is 31.2 Å². The Bertz CT molecular complexity index is 1320. The van der Waals surface area contributed by atoms with Crippen LogP contribution in [0.25, 0.3) is 5.76 Å². The van der Waals surface area contributed by atoms with Crippen molar-refractivity contribution in [3.05, 3.63) is 53.2 Å². The van der Waals surface area contributed by atoms with E-state index in [4.69, 9.17) is 23.7 Å². The van der Waals surface area contributed by atoms with Crippen LogP contribution in [0.2, 0.25) is 0 Å². The average molecular weight is 613 g/mol. The number of aliphatic hydroxyl groups excluding tert-OH is 8. The van der Waals surface area contributed by atoms with Gasteiger partial charge in [0, 0.05) is 11.6 Å². The fraction of sp³-hybridized carbons (Fsp3) is 0.519. The van der Waals surface area contributed by atoms with Gasteiger partial charge in [-0.1, -0.05) is 0 Å². The summed E-state index contributed by atoms with van der Waals surface area (Å²) in [6.07, 6.45) is -15.2. The molecule has 0 spiro atoms. The fourth-order valence-electron chi connectivity index (χ4n) is 5.13. The average Bonchev–Trinajstić information content (AvgIpc) is 2.96. The lowest BCUT2D eigenvalue weighted by molar-refractivity contribution is -0.323. The lowest BCUT2D eigenvalue weighted by Crippen LogP contribution is -2.61. The van der Waals surface area contributed by atoms with Gasteiger partial charge >= 0.3 is 0 Å². The van der Waals surface area contributed by atoms with Crippen molar-refractivity contribution in [2.45, 2.75) is 74.4 Å². The highest BCUT2D eigenvalue weighted by atomic mass is 16.7. The van der Waals surface area contributed by atoms with Gasteiger partial charge in [0.05, 0.1) is 12.7 Å². The van der Waals surface area contributed by atoms with E-state index in [-0.39, 0.29) is 11.3 Å². The number of fused-ring (bicyclic) bond motifs is 1. The van der Waals surface area contributed by atoms with Gasteiger partial charge in [-0.2, -0.15) is 0 Å². The van der Waals surface area contributed by atoms with Crippen LogP contribution in [0.4, 0.5) is 0 Å². The summed E-state index contributed by atoms with van der Waals surface area (Å²) in [5.41, 5.74) is 0.00287. The van der Waals surface area contributed by atoms with Crippen molar-refractivity contribution in [3.8, 4) is 11.5 Å². The Kier molecular flexibility index (Phi) is 8.59. The Morgan fingerprint density at radius 1 is 0.814 bits per heavy atom. The number of ether oxygens (including phenoxy) is 5. The predicted molar refractivity (Wildman–Crippen MR) is 138 cm³/mol. The largest absolute Gasteiger partial charge is 0.511 e. The van der Waals surface area contributed by atoms with E-state index in [1.165, 1.54) is 13.0 Å². The summed E-state index contributed by atoms with van der Waals surface area (Å²) in [7, 11) is 0. The normalized spacial score (nSPS) is 39.8. The number of allylic oxidation sites excluding steroid dienone is 2. The molecular formula is C27H32O16. The molecule has 3 heterocycles. The Labute approximate surface area is 243 Å². The number of aromatic hydroxyl groups is 2. The molecule has 16 heteroatoms. The molecule has 2 saturated heterocycles. The van der Waals surface area contributed by atoms with Crippen LogP contribution in [0.3, 0.4) is 0 Å². The van der Waals surface area contributed by atoms with Crippen LogP contribution in [0, 0.1) is 5.92 Å². The minimum Gasteiger partial charge on any atom is -0.511 e. The summed E-state index contributed by atoms with van der Waals surface area (Å²) < 4.78 is 28.0. The van der Waals surface area contributed by atoms with Crippen LogP contribution in [0.5, 0.6) is 11.5 Å². The fourth-order valence-corrected chi connectivity index (χ4v) is 5.13. The number of ketones is 1. The molecule has 12 atom stereocenters. The van der Waals surface area contributed by atoms with Crippen LogP contribution in [0.15, 0.2) is 47.6 Å². The third kappa shape index (κ3) is 5.76. The van der Waals surface area contributed by atoms with Gasteiger partial charge in [0.15, 0.2) is 23.5 Å². The number of Topliss-reactive ketones (excluding diaryl/α,β-unsaturated/α-hetero) is 1. The monoisotopic (exact) mass is 612 g/mol. The molecule has 0 saturated carbocycles. The van der Waals surface area contributed by atoms with Crippen molar-refractivity contribution in [3.63, 3.8) is 0 Å². The smallest absolute Gasteiger partial charge is 0.229 e. The molecule has 236 valence electrons. The molecular weight excluding hydrogens is 580 g/mol. The van der Waals surface area contributed by atoms with Crippen LogP contribution in [0.1, 0.15) is 12.5 Å².